The summed E-state index contributed by atoms with van der Waals surface area (Å²) in [6, 6.07) is 14.6. The zero-order valence-corrected chi connectivity index (χ0v) is 16.9. The molecule has 0 bridgehead atoms. The van der Waals surface area contributed by atoms with Crippen molar-refractivity contribution in [1.82, 2.24) is 4.90 Å². The molecular weight excluding hydrogens is 386 g/mol. The van der Waals surface area contributed by atoms with E-state index in [9.17, 15) is 9.59 Å². The number of ether oxygens (including phenoxy) is 2. The normalized spacial score (nSPS) is 13.0. The number of fused-ring (bicyclic) bond motifs is 1. The lowest BCUT2D eigenvalue weighted by atomic mass is 10.1. The van der Waals surface area contributed by atoms with E-state index in [2.05, 4.69) is 41.3 Å². The summed E-state index contributed by atoms with van der Waals surface area (Å²) in [4.78, 5) is 21.5. The van der Waals surface area contributed by atoms with Crippen LogP contribution in [-0.4, -0.2) is 47.8 Å². The van der Waals surface area contributed by atoms with Gasteiger partial charge in [0.1, 0.15) is 0 Å². The number of rotatable bonds is 7. The second kappa shape index (κ2) is 11.4. The first kappa shape index (κ1) is 22.7. The number of benzene rings is 2. The monoisotopic (exact) mass is 411 g/mol. The Kier molecular flexibility index (Phi) is 8.65. The van der Waals surface area contributed by atoms with Gasteiger partial charge in [-0.2, -0.15) is 0 Å². The van der Waals surface area contributed by atoms with Gasteiger partial charge < -0.3 is 19.7 Å². The molecule has 0 saturated heterocycles. The number of carbonyl (C=O) groups is 2. The molecule has 0 spiro atoms. The van der Waals surface area contributed by atoms with Crippen molar-refractivity contribution in [2.45, 2.75) is 13.1 Å². The molecule has 0 saturated carbocycles. The molecule has 0 aromatic heterocycles. The van der Waals surface area contributed by atoms with E-state index in [0.29, 0.717) is 12.2 Å². The van der Waals surface area contributed by atoms with Gasteiger partial charge in [-0.25, -0.2) is 9.59 Å². The van der Waals surface area contributed by atoms with Crippen molar-refractivity contribution in [1.29, 1.82) is 0 Å². The average Bonchev–Trinajstić information content (AvgIpc) is 3.15. The third kappa shape index (κ3) is 7.10. The van der Waals surface area contributed by atoms with Crippen molar-refractivity contribution in [3.8, 4) is 11.5 Å². The lowest BCUT2D eigenvalue weighted by Gasteiger charge is -2.11. The van der Waals surface area contributed by atoms with Gasteiger partial charge in [-0.15, -0.1) is 0 Å². The maximum absolute atomic E-state index is 9.55. The standard InChI is InChI=1S/C19H21NO2.C4H4O4/c1-21-18-10-9-15(12-19(18)22-2)6-5-11-20-13-16-7-3-4-8-17(16)14-20;5-3(6)1-2-4(7)8/h3-10,12H,11,13-14H2,1-2H3;1-2H,(H,5,6)(H,7,8)/b6-5+;2-1-. The highest BCUT2D eigenvalue weighted by molar-refractivity contribution is 5.89. The topological polar surface area (TPSA) is 96.3 Å². The number of hydrogen-bond acceptors (Lipinski definition) is 5. The fraction of sp³-hybridized carbons (Fsp3) is 0.217. The smallest absolute Gasteiger partial charge is 0.328 e. The number of carboxylic acid groups (broad SMARTS) is 2. The molecule has 0 amide bonds. The molecule has 2 N–H and O–H groups in total. The number of nitrogens with zero attached hydrogens (tertiary/aromatic N) is 1. The van der Waals surface area contributed by atoms with E-state index in [4.69, 9.17) is 19.7 Å². The largest absolute Gasteiger partial charge is 0.493 e. The van der Waals surface area contributed by atoms with Gasteiger partial charge in [-0.05, 0) is 28.8 Å². The first-order valence-electron chi connectivity index (χ1n) is 9.24. The van der Waals surface area contributed by atoms with E-state index in [1.807, 2.05) is 18.2 Å². The van der Waals surface area contributed by atoms with E-state index in [1.165, 1.54) is 11.1 Å². The van der Waals surface area contributed by atoms with Gasteiger partial charge >= 0.3 is 11.9 Å². The van der Waals surface area contributed by atoms with Gasteiger partial charge in [0.25, 0.3) is 0 Å². The molecule has 158 valence electrons. The van der Waals surface area contributed by atoms with E-state index in [-0.39, 0.29) is 0 Å². The van der Waals surface area contributed by atoms with E-state index in [0.717, 1.165) is 36.7 Å². The second-order valence-electron chi connectivity index (χ2n) is 6.46. The van der Waals surface area contributed by atoms with Crippen LogP contribution < -0.4 is 9.47 Å². The second-order valence-corrected chi connectivity index (χ2v) is 6.46. The fourth-order valence-corrected chi connectivity index (χ4v) is 2.97. The summed E-state index contributed by atoms with van der Waals surface area (Å²) in [5.74, 6) is -0.993. The molecule has 0 aliphatic carbocycles. The fourth-order valence-electron chi connectivity index (χ4n) is 2.97. The summed E-state index contributed by atoms with van der Waals surface area (Å²) in [6.45, 7) is 3.02. The summed E-state index contributed by atoms with van der Waals surface area (Å²) >= 11 is 0. The van der Waals surface area contributed by atoms with Gasteiger partial charge in [0.15, 0.2) is 11.5 Å². The Bertz CT molecular complexity index is 894. The lowest BCUT2D eigenvalue weighted by molar-refractivity contribution is -0.134. The van der Waals surface area contributed by atoms with Crippen molar-refractivity contribution in [3.63, 3.8) is 0 Å². The van der Waals surface area contributed by atoms with Gasteiger partial charge in [-0.1, -0.05) is 42.5 Å². The van der Waals surface area contributed by atoms with Crippen molar-refractivity contribution >= 4 is 18.0 Å². The van der Waals surface area contributed by atoms with Crippen LogP contribution >= 0.6 is 0 Å². The van der Waals surface area contributed by atoms with Crippen LogP contribution in [0.25, 0.3) is 6.08 Å². The molecule has 2 aromatic carbocycles. The van der Waals surface area contributed by atoms with Crippen LogP contribution in [0.2, 0.25) is 0 Å². The maximum Gasteiger partial charge on any atom is 0.328 e. The SMILES string of the molecule is COc1ccc(/C=C/CN2Cc3ccccc3C2)cc1OC.O=C(O)/C=C\C(=O)O. The highest BCUT2D eigenvalue weighted by Gasteiger charge is 2.16. The molecule has 0 fully saturated rings. The Balaban J connectivity index is 0.000000343. The first-order valence-corrected chi connectivity index (χ1v) is 9.24. The van der Waals surface area contributed by atoms with Gasteiger partial charge in [0, 0.05) is 31.8 Å². The Morgan fingerprint density at radius 1 is 0.933 bits per heavy atom. The quantitative estimate of drug-likeness (QED) is 0.674. The number of methoxy groups -OCH3 is 2. The summed E-state index contributed by atoms with van der Waals surface area (Å²) in [7, 11) is 3.31. The molecule has 0 atom stereocenters. The third-order valence-corrected chi connectivity index (χ3v) is 4.36. The zero-order chi connectivity index (χ0) is 21.9. The predicted octanol–water partition coefficient (Wildman–Crippen LogP) is 3.44. The van der Waals surface area contributed by atoms with Crippen LogP contribution in [0.5, 0.6) is 11.5 Å². The van der Waals surface area contributed by atoms with Crippen LogP contribution in [0, 0.1) is 0 Å². The van der Waals surface area contributed by atoms with E-state index in [1.54, 1.807) is 14.2 Å². The molecule has 7 nitrogen and oxygen atoms in total. The third-order valence-electron chi connectivity index (χ3n) is 4.36. The van der Waals surface area contributed by atoms with E-state index >= 15 is 0 Å². The van der Waals surface area contributed by atoms with Crippen molar-refractivity contribution < 1.29 is 29.3 Å². The molecular formula is C23H25NO6. The molecule has 1 aliphatic heterocycles. The zero-order valence-electron chi connectivity index (χ0n) is 16.9. The average molecular weight is 411 g/mol. The summed E-state index contributed by atoms with van der Waals surface area (Å²) in [6.07, 6.45) is 5.45. The van der Waals surface area contributed by atoms with Crippen molar-refractivity contribution in [2.24, 2.45) is 0 Å². The maximum atomic E-state index is 9.55. The molecule has 30 heavy (non-hydrogen) atoms. The summed E-state index contributed by atoms with van der Waals surface area (Å²) < 4.78 is 10.6. The minimum Gasteiger partial charge on any atom is -0.493 e. The minimum atomic E-state index is -1.26. The van der Waals surface area contributed by atoms with Gasteiger partial charge in [0.2, 0.25) is 0 Å². The Morgan fingerprint density at radius 3 is 2.00 bits per heavy atom. The predicted molar refractivity (Wildman–Crippen MR) is 114 cm³/mol. The molecule has 0 radical (unpaired) electrons. The molecule has 7 heteroatoms. The molecule has 1 aliphatic rings. The van der Waals surface area contributed by atoms with Crippen LogP contribution in [0.3, 0.4) is 0 Å². The summed E-state index contributed by atoms with van der Waals surface area (Å²) in [5, 5.41) is 15.6. The number of aliphatic carboxylic acids is 2. The Hall–Kier alpha value is -3.58. The van der Waals surface area contributed by atoms with Crippen molar-refractivity contribution in [2.75, 3.05) is 20.8 Å². The van der Waals surface area contributed by atoms with Crippen molar-refractivity contribution in [3.05, 3.63) is 77.4 Å². The molecule has 0 unspecified atom stereocenters. The highest BCUT2D eigenvalue weighted by Crippen LogP contribution is 2.28. The number of carboxylic acids is 2. The minimum absolute atomic E-state index is 0.558. The van der Waals surface area contributed by atoms with Crippen LogP contribution in [0.15, 0.2) is 60.7 Å². The molecule has 1 heterocycles. The van der Waals surface area contributed by atoms with Crippen LogP contribution in [0.1, 0.15) is 16.7 Å². The van der Waals surface area contributed by atoms with Gasteiger partial charge in [0.05, 0.1) is 14.2 Å². The Labute approximate surface area is 175 Å². The number of hydrogen-bond donors (Lipinski definition) is 2. The first-order chi connectivity index (χ1) is 14.4. The summed E-state index contributed by atoms with van der Waals surface area (Å²) in [5.41, 5.74) is 4.01. The van der Waals surface area contributed by atoms with Gasteiger partial charge in [-0.3, -0.25) is 4.90 Å². The molecule has 2 aromatic rings. The highest BCUT2D eigenvalue weighted by atomic mass is 16.5. The van der Waals surface area contributed by atoms with Crippen LogP contribution in [0.4, 0.5) is 0 Å². The van der Waals surface area contributed by atoms with Crippen LogP contribution in [-0.2, 0) is 22.7 Å². The Morgan fingerprint density at radius 2 is 1.50 bits per heavy atom. The van der Waals surface area contributed by atoms with E-state index < -0.39 is 11.9 Å². The lowest BCUT2D eigenvalue weighted by Crippen LogP contribution is -2.15. The molecule has 3 rings (SSSR count).